The molecule has 0 saturated heterocycles. The van der Waals surface area contributed by atoms with E-state index in [0.29, 0.717) is 17.0 Å². The first-order valence-electron chi connectivity index (χ1n) is 9.52. The number of hydrogen-bond donors (Lipinski definition) is 1. The number of fused-ring (bicyclic) bond motifs is 1. The minimum atomic E-state index is -4.61. The van der Waals surface area contributed by atoms with E-state index in [1.54, 1.807) is 19.3 Å². The number of nitrogens with one attached hydrogen (secondary N) is 1. The Morgan fingerprint density at radius 2 is 2.13 bits per heavy atom. The Bertz CT molecular complexity index is 1180. The second kappa shape index (κ2) is 9.34. The van der Waals surface area contributed by atoms with Crippen molar-refractivity contribution in [2.24, 2.45) is 4.99 Å². The van der Waals surface area contributed by atoms with Crippen LogP contribution in [0.2, 0.25) is 0 Å². The van der Waals surface area contributed by atoms with Crippen LogP contribution in [0.5, 0.6) is 5.75 Å². The van der Waals surface area contributed by atoms with Crippen molar-refractivity contribution in [1.82, 2.24) is 15.0 Å². The topological polar surface area (TPSA) is 68.5 Å². The molecule has 0 aliphatic carbocycles. The number of nitrogens with zero attached hydrogens (tertiary/aromatic N) is 3. The molecule has 10 heteroatoms. The fourth-order valence-electron chi connectivity index (χ4n) is 2.79. The van der Waals surface area contributed by atoms with Crippen molar-refractivity contribution in [1.29, 1.82) is 0 Å². The minimum Gasteiger partial charge on any atom is -0.382 e. The van der Waals surface area contributed by atoms with Gasteiger partial charge in [-0.25, -0.2) is 5.48 Å². The highest BCUT2D eigenvalue weighted by molar-refractivity contribution is 7.16. The summed E-state index contributed by atoms with van der Waals surface area (Å²) in [5.74, 6) is -0.915. The van der Waals surface area contributed by atoms with Gasteiger partial charge in [-0.15, -0.1) is 0 Å². The molecule has 0 spiro atoms. The molecule has 1 aromatic carbocycles. The highest BCUT2D eigenvalue weighted by atomic mass is 32.1. The van der Waals surface area contributed by atoms with Gasteiger partial charge >= 0.3 is 6.18 Å². The van der Waals surface area contributed by atoms with Gasteiger partial charge in [0.15, 0.2) is 10.6 Å². The summed E-state index contributed by atoms with van der Waals surface area (Å²) in [6.45, 7) is 7.86. The standard InChI is InChI=1S/C21H21F3N4O2S/c1-4-5-10-28-16-12-25-9-8-18(16)31-20(28)26-19(29)15-11-14(21(22,23)24)6-7-17(15)30-27-13(2)3/h6-9,11-12,27H,2,4-5,10H2,1,3H3/b26-20-. The quantitative estimate of drug-likeness (QED) is 0.510. The molecule has 0 atom stereocenters. The van der Waals surface area contributed by atoms with Gasteiger partial charge in [-0.3, -0.25) is 9.78 Å². The van der Waals surface area contributed by atoms with Crippen LogP contribution in [0.1, 0.15) is 42.6 Å². The van der Waals surface area contributed by atoms with Crippen LogP contribution in [0.3, 0.4) is 0 Å². The number of hydroxylamine groups is 1. The predicted molar refractivity (Wildman–Crippen MR) is 112 cm³/mol. The zero-order chi connectivity index (χ0) is 22.6. The van der Waals surface area contributed by atoms with Crippen molar-refractivity contribution in [3.05, 3.63) is 64.9 Å². The predicted octanol–water partition coefficient (Wildman–Crippen LogP) is 5.07. The van der Waals surface area contributed by atoms with Gasteiger partial charge in [-0.05, 0) is 37.6 Å². The first-order chi connectivity index (χ1) is 14.7. The fourth-order valence-corrected chi connectivity index (χ4v) is 3.81. The summed E-state index contributed by atoms with van der Waals surface area (Å²) in [5.41, 5.74) is 2.43. The Balaban J connectivity index is 2.11. The van der Waals surface area contributed by atoms with Crippen LogP contribution in [0.15, 0.2) is 53.9 Å². The van der Waals surface area contributed by atoms with Crippen molar-refractivity contribution in [2.75, 3.05) is 0 Å². The first kappa shape index (κ1) is 22.5. The summed E-state index contributed by atoms with van der Waals surface area (Å²) in [6, 6.07) is 4.48. The third-order valence-electron chi connectivity index (χ3n) is 4.29. The first-order valence-corrected chi connectivity index (χ1v) is 10.3. The largest absolute Gasteiger partial charge is 0.416 e. The van der Waals surface area contributed by atoms with Crippen LogP contribution in [0.4, 0.5) is 13.2 Å². The number of benzene rings is 1. The third kappa shape index (κ3) is 5.32. The Kier molecular flexibility index (Phi) is 6.79. The molecule has 2 heterocycles. The molecule has 164 valence electrons. The number of amides is 1. The maximum absolute atomic E-state index is 13.2. The molecule has 2 aromatic heterocycles. The lowest BCUT2D eigenvalue weighted by Crippen LogP contribution is -2.20. The van der Waals surface area contributed by atoms with Crippen LogP contribution in [-0.2, 0) is 12.7 Å². The molecule has 31 heavy (non-hydrogen) atoms. The molecular weight excluding hydrogens is 429 g/mol. The van der Waals surface area contributed by atoms with Crippen LogP contribution in [0.25, 0.3) is 10.2 Å². The van der Waals surface area contributed by atoms with E-state index in [2.05, 4.69) is 22.0 Å². The summed E-state index contributed by atoms with van der Waals surface area (Å²) in [4.78, 5) is 26.9. The lowest BCUT2D eigenvalue weighted by atomic mass is 10.1. The van der Waals surface area contributed by atoms with Gasteiger partial charge in [0.2, 0.25) is 0 Å². The number of thiazole rings is 1. The number of aryl methyl sites for hydroxylation is 1. The number of alkyl halides is 3. The van der Waals surface area contributed by atoms with Gasteiger partial charge in [0.1, 0.15) is 0 Å². The van der Waals surface area contributed by atoms with Gasteiger partial charge in [-0.1, -0.05) is 31.3 Å². The summed E-state index contributed by atoms with van der Waals surface area (Å²) in [5, 5.41) is 0. The van der Waals surface area contributed by atoms with Crippen molar-refractivity contribution in [3.8, 4) is 5.75 Å². The van der Waals surface area contributed by atoms with Gasteiger partial charge in [0.25, 0.3) is 5.91 Å². The highest BCUT2D eigenvalue weighted by Crippen LogP contribution is 2.33. The summed E-state index contributed by atoms with van der Waals surface area (Å²) in [7, 11) is 0. The number of hydrogen-bond acceptors (Lipinski definition) is 5. The minimum absolute atomic E-state index is 0.0763. The van der Waals surface area contributed by atoms with Crippen molar-refractivity contribution >= 4 is 27.5 Å². The van der Waals surface area contributed by atoms with E-state index < -0.39 is 17.6 Å². The lowest BCUT2D eigenvalue weighted by molar-refractivity contribution is -0.137. The molecule has 0 aliphatic heterocycles. The summed E-state index contributed by atoms with van der Waals surface area (Å²) < 4.78 is 42.4. The molecule has 0 saturated carbocycles. The number of rotatable bonds is 7. The Hall–Kier alpha value is -3.14. The summed E-state index contributed by atoms with van der Waals surface area (Å²) >= 11 is 1.27. The van der Waals surface area contributed by atoms with Crippen molar-refractivity contribution < 1.29 is 22.8 Å². The zero-order valence-corrected chi connectivity index (χ0v) is 17.8. The number of allylic oxidation sites excluding steroid dienone is 1. The van der Waals surface area contributed by atoms with E-state index in [1.807, 2.05) is 17.6 Å². The fraction of sp³-hybridized carbons (Fsp3) is 0.286. The molecule has 1 amide bonds. The monoisotopic (exact) mass is 450 g/mol. The van der Waals surface area contributed by atoms with Crippen LogP contribution < -0.4 is 15.1 Å². The van der Waals surface area contributed by atoms with Crippen LogP contribution >= 0.6 is 11.3 Å². The molecule has 1 N–H and O–H groups in total. The number of pyridine rings is 1. The molecule has 0 aliphatic rings. The van der Waals surface area contributed by atoms with E-state index in [9.17, 15) is 18.0 Å². The normalized spacial score (nSPS) is 12.2. The smallest absolute Gasteiger partial charge is 0.382 e. The third-order valence-corrected chi connectivity index (χ3v) is 5.35. The number of unbranched alkanes of at least 4 members (excludes halogenated alkanes) is 1. The molecule has 0 fully saturated rings. The lowest BCUT2D eigenvalue weighted by Gasteiger charge is -2.13. The number of carbonyl (C=O) groups is 1. The zero-order valence-electron chi connectivity index (χ0n) is 17.0. The van der Waals surface area contributed by atoms with Gasteiger partial charge in [-0.2, -0.15) is 18.2 Å². The van der Waals surface area contributed by atoms with E-state index >= 15 is 0 Å². The molecule has 3 rings (SSSR count). The maximum atomic E-state index is 13.2. The highest BCUT2D eigenvalue weighted by Gasteiger charge is 2.32. The Morgan fingerprint density at radius 3 is 2.81 bits per heavy atom. The number of halogens is 3. The molecule has 6 nitrogen and oxygen atoms in total. The Morgan fingerprint density at radius 1 is 1.35 bits per heavy atom. The molecule has 0 unspecified atom stereocenters. The average Bonchev–Trinajstić information content (AvgIpc) is 3.06. The second-order valence-electron chi connectivity index (χ2n) is 6.84. The van der Waals surface area contributed by atoms with E-state index in [1.165, 1.54) is 11.3 Å². The van der Waals surface area contributed by atoms with E-state index in [4.69, 9.17) is 4.84 Å². The van der Waals surface area contributed by atoms with Gasteiger partial charge in [0, 0.05) is 18.4 Å². The molecular formula is C21H21F3N4O2S. The van der Waals surface area contributed by atoms with Gasteiger partial charge in [0.05, 0.1) is 27.5 Å². The molecule has 3 aromatic rings. The van der Waals surface area contributed by atoms with Crippen LogP contribution in [0, 0.1) is 0 Å². The number of carbonyl (C=O) groups excluding carboxylic acids is 1. The number of aromatic nitrogens is 2. The van der Waals surface area contributed by atoms with Crippen LogP contribution in [-0.4, -0.2) is 15.5 Å². The van der Waals surface area contributed by atoms with E-state index in [-0.39, 0.29) is 11.3 Å². The summed E-state index contributed by atoms with van der Waals surface area (Å²) in [6.07, 6.45) is 0.482. The molecule has 0 bridgehead atoms. The average molecular weight is 450 g/mol. The SMILES string of the molecule is C=C(C)NOc1ccc(C(F)(F)F)cc1C(=O)/N=c1\sc2ccncc2n1CCCC. The Labute approximate surface area is 180 Å². The maximum Gasteiger partial charge on any atom is 0.416 e. The second-order valence-corrected chi connectivity index (χ2v) is 7.85. The van der Waals surface area contributed by atoms with Crippen molar-refractivity contribution in [3.63, 3.8) is 0 Å². The molecule has 0 radical (unpaired) electrons. The van der Waals surface area contributed by atoms with Gasteiger partial charge < -0.3 is 9.40 Å². The van der Waals surface area contributed by atoms with E-state index in [0.717, 1.165) is 41.3 Å². The van der Waals surface area contributed by atoms with Crippen molar-refractivity contribution in [2.45, 2.75) is 39.4 Å².